The molecule has 0 amide bonds. The van der Waals surface area contributed by atoms with Crippen molar-refractivity contribution in [1.29, 1.82) is 0 Å². The number of allylic oxidation sites excluding steroid dienone is 1. The van der Waals surface area contributed by atoms with E-state index in [1.807, 2.05) is 0 Å². The van der Waals surface area contributed by atoms with Crippen molar-refractivity contribution >= 4 is 9.28 Å². The first-order valence-corrected chi connectivity index (χ1v) is 5.31. The van der Waals surface area contributed by atoms with Crippen LogP contribution in [0.1, 0.15) is 0 Å². The van der Waals surface area contributed by atoms with Crippen LogP contribution in [-0.4, -0.2) is 22.5 Å². The topological polar surface area (TPSA) is 18.5 Å². The molecule has 0 aromatic rings. The van der Waals surface area contributed by atoms with Crippen molar-refractivity contribution in [2.24, 2.45) is 0 Å². The molecule has 0 spiro atoms. The van der Waals surface area contributed by atoms with Gasteiger partial charge in [0.1, 0.15) is 0 Å². The van der Waals surface area contributed by atoms with E-state index in [0.717, 1.165) is 6.04 Å². The summed E-state index contributed by atoms with van der Waals surface area (Å²) in [5.74, 6) is 0. The van der Waals surface area contributed by atoms with Crippen LogP contribution in [-0.2, 0) is 8.85 Å². The Kier molecular flexibility index (Phi) is 8.00. The molecule has 12 heavy (non-hydrogen) atoms. The molecule has 3 heteroatoms. The third kappa shape index (κ3) is 6.09. The average molecular weight is 183 g/mol. The van der Waals surface area contributed by atoms with Crippen molar-refractivity contribution in [3.05, 3.63) is 38.0 Å². The maximum atomic E-state index is 5.38. The second-order valence-corrected chi connectivity index (χ2v) is 3.79. The van der Waals surface area contributed by atoms with Crippen LogP contribution in [0.3, 0.4) is 0 Å². The molecule has 67 valence electrons. The van der Waals surface area contributed by atoms with Crippen LogP contribution in [0.5, 0.6) is 0 Å². The Labute approximate surface area is 76.0 Å². The highest BCUT2D eigenvalue weighted by Crippen LogP contribution is 1.98. The molecule has 0 aromatic heterocycles. The molecule has 0 bridgehead atoms. The summed E-state index contributed by atoms with van der Waals surface area (Å²) in [7, 11) is -1.18. The largest absolute Gasteiger partial charge is 0.389 e. The van der Waals surface area contributed by atoms with E-state index in [2.05, 4.69) is 19.7 Å². The minimum Gasteiger partial charge on any atom is -0.389 e. The van der Waals surface area contributed by atoms with E-state index in [1.54, 1.807) is 18.2 Å². The van der Waals surface area contributed by atoms with Crippen molar-refractivity contribution in [1.82, 2.24) is 0 Å². The first kappa shape index (κ1) is 11.4. The zero-order valence-electron chi connectivity index (χ0n) is 7.29. The van der Waals surface area contributed by atoms with Gasteiger partial charge in [-0.1, -0.05) is 18.2 Å². The normalized spacial score (nSPS) is 9.75. The second-order valence-electron chi connectivity index (χ2n) is 2.06. The average Bonchev–Trinajstić information content (AvgIpc) is 2.10. The Morgan fingerprint density at radius 3 is 1.75 bits per heavy atom. The molecule has 1 radical (unpaired) electrons. The van der Waals surface area contributed by atoms with Gasteiger partial charge < -0.3 is 8.85 Å². The monoisotopic (exact) mass is 183 g/mol. The molecule has 0 N–H and O–H groups in total. The summed E-state index contributed by atoms with van der Waals surface area (Å²) in [5.41, 5.74) is 0. The van der Waals surface area contributed by atoms with Crippen molar-refractivity contribution in [3.63, 3.8) is 0 Å². The quantitative estimate of drug-likeness (QED) is 0.423. The van der Waals surface area contributed by atoms with Crippen LogP contribution in [0.15, 0.2) is 38.0 Å². The fourth-order valence-corrected chi connectivity index (χ4v) is 1.74. The molecule has 0 unspecified atom stereocenters. The van der Waals surface area contributed by atoms with E-state index in [-0.39, 0.29) is 0 Å². The van der Waals surface area contributed by atoms with Gasteiger partial charge in [0.15, 0.2) is 0 Å². The summed E-state index contributed by atoms with van der Waals surface area (Å²) >= 11 is 0. The van der Waals surface area contributed by atoms with Crippen LogP contribution < -0.4 is 0 Å². The third-order valence-electron chi connectivity index (χ3n) is 1.04. The Hall–Kier alpha value is -0.643. The van der Waals surface area contributed by atoms with Gasteiger partial charge in [0, 0.05) is 6.04 Å². The maximum Gasteiger partial charge on any atom is 0.389 e. The van der Waals surface area contributed by atoms with Gasteiger partial charge in [-0.2, -0.15) is 0 Å². The molecular weight excluding hydrogens is 168 g/mol. The Bertz CT molecular complexity index is 133. The Morgan fingerprint density at radius 2 is 1.42 bits per heavy atom. The highest BCUT2D eigenvalue weighted by Gasteiger charge is 2.11. The predicted molar refractivity (Wildman–Crippen MR) is 53.1 cm³/mol. The minimum absolute atomic E-state index is 0.541. The van der Waals surface area contributed by atoms with Crippen molar-refractivity contribution in [3.8, 4) is 0 Å². The highest BCUT2D eigenvalue weighted by atomic mass is 28.3. The Balaban J connectivity index is 3.59. The molecular formula is C9H15O2Si. The lowest BCUT2D eigenvalue weighted by molar-refractivity contribution is 0.235. The van der Waals surface area contributed by atoms with Gasteiger partial charge in [-0.15, -0.1) is 19.7 Å². The van der Waals surface area contributed by atoms with Crippen LogP contribution >= 0.6 is 0 Å². The predicted octanol–water partition coefficient (Wildman–Crippen LogP) is 2.07. The minimum atomic E-state index is -1.18. The zero-order chi connectivity index (χ0) is 9.23. The molecule has 0 rings (SSSR count). The molecule has 0 saturated carbocycles. The molecule has 0 saturated heterocycles. The summed E-state index contributed by atoms with van der Waals surface area (Å²) in [6, 6.07) is 0.784. The van der Waals surface area contributed by atoms with Gasteiger partial charge in [0.2, 0.25) is 0 Å². The van der Waals surface area contributed by atoms with Gasteiger partial charge in [0.25, 0.3) is 0 Å². The van der Waals surface area contributed by atoms with Crippen LogP contribution in [0, 0.1) is 0 Å². The lowest BCUT2D eigenvalue weighted by Gasteiger charge is -2.10. The molecule has 0 aromatic carbocycles. The highest BCUT2D eigenvalue weighted by molar-refractivity contribution is 6.45. The van der Waals surface area contributed by atoms with Crippen molar-refractivity contribution in [2.45, 2.75) is 6.04 Å². The number of hydrogen-bond donors (Lipinski definition) is 0. The fourth-order valence-electron chi connectivity index (χ4n) is 0.581. The summed E-state index contributed by atoms with van der Waals surface area (Å²) in [4.78, 5) is 0. The van der Waals surface area contributed by atoms with Gasteiger partial charge in [-0.3, -0.25) is 0 Å². The van der Waals surface area contributed by atoms with Crippen molar-refractivity contribution < 1.29 is 8.85 Å². The number of hydrogen-bond acceptors (Lipinski definition) is 2. The Morgan fingerprint density at radius 1 is 0.917 bits per heavy atom. The fraction of sp³-hybridized carbons (Fsp3) is 0.333. The molecule has 0 heterocycles. The number of rotatable bonds is 8. The van der Waals surface area contributed by atoms with Crippen LogP contribution in [0.2, 0.25) is 6.04 Å². The van der Waals surface area contributed by atoms with E-state index in [9.17, 15) is 0 Å². The van der Waals surface area contributed by atoms with Gasteiger partial charge >= 0.3 is 9.28 Å². The molecule has 0 fully saturated rings. The van der Waals surface area contributed by atoms with E-state index in [1.165, 1.54) is 0 Å². The van der Waals surface area contributed by atoms with E-state index < -0.39 is 9.28 Å². The second kappa shape index (κ2) is 8.45. The van der Waals surface area contributed by atoms with Crippen LogP contribution in [0.25, 0.3) is 0 Å². The molecule has 0 aliphatic carbocycles. The first-order valence-electron chi connectivity index (χ1n) is 3.79. The first-order chi connectivity index (χ1) is 5.85. The summed E-state index contributed by atoms with van der Waals surface area (Å²) in [5, 5.41) is 0. The molecule has 0 aliphatic rings. The van der Waals surface area contributed by atoms with Crippen LogP contribution in [0.4, 0.5) is 0 Å². The standard InChI is InChI=1S/C9H15O2Si/c1-4-7-10-12(9-6-3)11-8-5-2/h4-6H,1-3,7-9H2. The molecule has 0 aliphatic heterocycles. The van der Waals surface area contributed by atoms with Gasteiger partial charge in [-0.05, 0) is 0 Å². The van der Waals surface area contributed by atoms with Gasteiger partial charge in [-0.25, -0.2) is 0 Å². The molecule has 0 atom stereocenters. The smallest absolute Gasteiger partial charge is 0.389 e. The lowest BCUT2D eigenvalue weighted by Crippen LogP contribution is -2.22. The maximum absolute atomic E-state index is 5.38. The zero-order valence-corrected chi connectivity index (χ0v) is 8.29. The summed E-state index contributed by atoms with van der Waals surface area (Å²) in [6.07, 6.45) is 5.23. The van der Waals surface area contributed by atoms with E-state index >= 15 is 0 Å². The summed E-state index contributed by atoms with van der Waals surface area (Å²) < 4.78 is 10.8. The third-order valence-corrected chi connectivity index (χ3v) is 2.63. The van der Waals surface area contributed by atoms with E-state index in [0.29, 0.717) is 13.2 Å². The SMILES string of the molecule is C=CCO[Si](CC=C)OCC=C. The van der Waals surface area contributed by atoms with Gasteiger partial charge in [0.05, 0.1) is 13.2 Å². The van der Waals surface area contributed by atoms with Crippen molar-refractivity contribution in [2.75, 3.05) is 13.2 Å². The lowest BCUT2D eigenvalue weighted by atomic mass is 10.7. The van der Waals surface area contributed by atoms with E-state index in [4.69, 9.17) is 8.85 Å². The molecule has 2 nitrogen and oxygen atoms in total. The summed E-state index contributed by atoms with van der Waals surface area (Å²) in [6.45, 7) is 11.8.